The van der Waals surface area contributed by atoms with E-state index in [9.17, 15) is 5.11 Å². The van der Waals surface area contributed by atoms with Crippen molar-refractivity contribution in [3.63, 3.8) is 0 Å². The van der Waals surface area contributed by atoms with Crippen LogP contribution in [0.2, 0.25) is 0 Å². The molecule has 0 bridgehead atoms. The van der Waals surface area contributed by atoms with E-state index in [0.717, 1.165) is 53.8 Å². The molecule has 1 aliphatic rings. The number of nitrogens with one attached hydrogen (secondary N) is 1. The topological polar surface area (TPSA) is 80.8 Å². The molecule has 0 unspecified atom stereocenters. The molecule has 7 heteroatoms. The van der Waals surface area contributed by atoms with Crippen LogP contribution in [0.4, 0.5) is 5.82 Å². The van der Waals surface area contributed by atoms with Crippen molar-refractivity contribution in [2.45, 2.75) is 37.8 Å². The quantitative estimate of drug-likeness (QED) is 0.772. The number of aliphatic hydroxyl groups excluding tert-OH is 1. The van der Waals surface area contributed by atoms with Crippen LogP contribution in [0.25, 0.3) is 22.3 Å². The molecular weight excluding hydrogens is 304 g/mol. The number of nitrogens with zero attached hydrogens (tertiary/aromatic N) is 5. The van der Waals surface area contributed by atoms with Gasteiger partial charge in [-0.2, -0.15) is 10.2 Å². The van der Waals surface area contributed by atoms with E-state index in [4.69, 9.17) is 5.10 Å². The minimum Gasteiger partial charge on any atom is -0.393 e. The Morgan fingerprint density at radius 1 is 1.21 bits per heavy atom. The number of hydrogen-bond acceptors (Lipinski definition) is 5. The van der Waals surface area contributed by atoms with E-state index in [1.54, 1.807) is 4.68 Å². The number of hydrogen-bond donors (Lipinski definition) is 2. The predicted molar refractivity (Wildman–Crippen MR) is 92.8 cm³/mol. The Kier molecular flexibility index (Phi) is 3.72. The summed E-state index contributed by atoms with van der Waals surface area (Å²) >= 11 is 0. The first-order valence-electron chi connectivity index (χ1n) is 8.40. The summed E-state index contributed by atoms with van der Waals surface area (Å²) in [5, 5.41) is 23.3. The molecule has 0 atom stereocenters. The van der Waals surface area contributed by atoms with Crippen LogP contribution in [0, 0.1) is 0 Å². The number of aromatic nitrogens is 5. The number of anilines is 1. The first-order valence-corrected chi connectivity index (χ1v) is 8.40. The lowest BCUT2D eigenvalue weighted by atomic mass is 9.93. The van der Waals surface area contributed by atoms with E-state index in [-0.39, 0.29) is 6.10 Å². The minimum absolute atomic E-state index is 0.173. The maximum atomic E-state index is 9.79. The maximum Gasteiger partial charge on any atom is 0.127 e. The SMILES string of the molecule is CNc1cc2c(cn1)c(-c1ccn(C)n1)nn2C1CCC(O)CC1. The van der Waals surface area contributed by atoms with Crippen molar-refractivity contribution in [2.75, 3.05) is 12.4 Å². The van der Waals surface area contributed by atoms with Crippen molar-refractivity contribution in [1.82, 2.24) is 24.5 Å². The van der Waals surface area contributed by atoms with E-state index < -0.39 is 0 Å². The van der Waals surface area contributed by atoms with Gasteiger partial charge in [-0.25, -0.2) is 4.98 Å². The molecule has 0 radical (unpaired) electrons. The third kappa shape index (κ3) is 2.54. The third-order valence-electron chi connectivity index (χ3n) is 4.82. The van der Waals surface area contributed by atoms with Gasteiger partial charge in [0, 0.05) is 37.9 Å². The summed E-state index contributed by atoms with van der Waals surface area (Å²) in [4.78, 5) is 4.45. The Morgan fingerprint density at radius 3 is 2.67 bits per heavy atom. The summed E-state index contributed by atoms with van der Waals surface area (Å²) in [6.45, 7) is 0. The van der Waals surface area contributed by atoms with Gasteiger partial charge in [0.05, 0.1) is 17.7 Å². The molecule has 0 amide bonds. The van der Waals surface area contributed by atoms with Gasteiger partial charge in [-0.05, 0) is 31.7 Å². The molecule has 2 N–H and O–H groups in total. The Labute approximate surface area is 140 Å². The van der Waals surface area contributed by atoms with E-state index in [2.05, 4.69) is 20.1 Å². The molecule has 126 valence electrons. The van der Waals surface area contributed by atoms with E-state index in [1.165, 1.54) is 0 Å². The number of aliphatic hydroxyl groups is 1. The van der Waals surface area contributed by atoms with Gasteiger partial charge in [0.25, 0.3) is 0 Å². The van der Waals surface area contributed by atoms with Crippen LogP contribution in [0.3, 0.4) is 0 Å². The molecule has 1 aliphatic carbocycles. The molecule has 0 saturated heterocycles. The summed E-state index contributed by atoms with van der Waals surface area (Å²) in [6.07, 6.45) is 7.16. The van der Waals surface area contributed by atoms with Crippen molar-refractivity contribution in [2.24, 2.45) is 7.05 Å². The molecule has 3 aromatic heterocycles. The molecule has 0 spiro atoms. The Morgan fingerprint density at radius 2 is 2.00 bits per heavy atom. The largest absolute Gasteiger partial charge is 0.393 e. The number of aryl methyl sites for hydroxylation is 1. The molecular formula is C17H22N6O. The molecule has 3 aromatic rings. The summed E-state index contributed by atoms with van der Waals surface area (Å²) < 4.78 is 3.89. The molecule has 0 aromatic carbocycles. The number of pyridine rings is 1. The van der Waals surface area contributed by atoms with Crippen molar-refractivity contribution < 1.29 is 5.11 Å². The number of rotatable bonds is 3. The molecule has 1 saturated carbocycles. The second-order valence-corrected chi connectivity index (χ2v) is 6.47. The molecule has 3 heterocycles. The highest BCUT2D eigenvalue weighted by molar-refractivity contribution is 5.93. The van der Waals surface area contributed by atoms with Gasteiger partial charge in [-0.1, -0.05) is 0 Å². The summed E-state index contributed by atoms with van der Waals surface area (Å²) in [7, 11) is 3.77. The lowest BCUT2D eigenvalue weighted by Gasteiger charge is -2.26. The lowest BCUT2D eigenvalue weighted by molar-refractivity contribution is 0.109. The van der Waals surface area contributed by atoms with E-state index in [0.29, 0.717) is 6.04 Å². The van der Waals surface area contributed by atoms with E-state index >= 15 is 0 Å². The average Bonchev–Trinajstić information content (AvgIpc) is 3.18. The minimum atomic E-state index is -0.173. The Bertz CT molecular complexity index is 859. The van der Waals surface area contributed by atoms with Crippen LogP contribution < -0.4 is 5.32 Å². The van der Waals surface area contributed by atoms with Crippen LogP contribution in [0.5, 0.6) is 0 Å². The monoisotopic (exact) mass is 326 g/mol. The average molecular weight is 326 g/mol. The molecule has 4 rings (SSSR count). The third-order valence-corrected chi connectivity index (χ3v) is 4.82. The van der Waals surface area contributed by atoms with Gasteiger partial charge in [-0.15, -0.1) is 0 Å². The summed E-state index contributed by atoms with van der Waals surface area (Å²) in [6, 6.07) is 4.32. The standard InChI is InChI=1S/C17H22N6O/c1-18-16-9-15-13(10-19-16)17(14-7-8-22(2)20-14)21-23(15)11-3-5-12(24)6-4-11/h7-12,24H,3-6H2,1-2H3,(H,18,19). The van der Waals surface area contributed by atoms with Gasteiger partial charge in [0.2, 0.25) is 0 Å². The van der Waals surface area contributed by atoms with Crippen molar-refractivity contribution in [3.8, 4) is 11.4 Å². The zero-order valence-corrected chi connectivity index (χ0v) is 14.0. The smallest absolute Gasteiger partial charge is 0.127 e. The van der Waals surface area contributed by atoms with Crippen LogP contribution >= 0.6 is 0 Å². The first-order chi connectivity index (χ1) is 11.7. The lowest BCUT2D eigenvalue weighted by Crippen LogP contribution is -2.21. The molecule has 7 nitrogen and oxygen atoms in total. The zero-order chi connectivity index (χ0) is 16.7. The fourth-order valence-electron chi connectivity index (χ4n) is 3.48. The second kappa shape index (κ2) is 5.90. The van der Waals surface area contributed by atoms with Gasteiger partial charge in [0.15, 0.2) is 0 Å². The number of fused-ring (bicyclic) bond motifs is 1. The van der Waals surface area contributed by atoms with Gasteiger partial charge >= 0.3 is 0 Å². The Hall–Kier alpha value is -2.41. The maximum absolute atomic E-state index is 9.79. The van der Waals surface area contributed by atoms with E-state index in [1.807, 2.05) is 38.6 Å². The highest BCUT2D eigenvalue weighted by Crippen LogP contribution is 2.35. The Balaban J connectivity index is 1.85. The van der Waals surface area contributed by atoms with Crippen molar-refractivity contribution >= 4 is 16.7 Å². The normalized spacial score (nSPS) is 21.3. The fraction of sp³-hybridized carbons (Fsp3) is 0.471. The van der Waals surface area contributed by atoms with Crippen LogP contribution in [0.15, 0.2) is 24.5 Å². The van der Waals surface area contributed by atoms with Crippen LogP contribution in [-0.2, 0) is 7.05 Å². The summed E-state index contributed by atoms with van der Waals surface area (Å²) in [5.41, 5.74) is 2.79. The fourth-order valence-corrected chi connectivity index (χ4v) is 3.48. The molecule has 1 fully saturated rings. The zero-order valence-electron chi connectivity index (χ0n) is 14.0. The van der Waals surface area contributed by atoms with Gasteiger partial charge < -0.3 is 10.4 Å². The second-order valence-electron chi connectivity index (χ2n) is 6.47. The first kappa shape index (κ1) is 15.1. The summed E-state index contributed by atoms with van der Waals surface area (Å²) in [5.74, 6) is 0.826. The van der Waals surface area contributed by atoms with Crippen molar-refractivity contribution in [3.05, 3.63) is 24.5 Å². The predicted octanol–water partition coefficient (Wildman–Crippen LogP) is 2.35. The molecule has 0 aliphatic heterocycles. The van der Waals surface area contributed by atoms with Gasteiger partial charge in [0.1, 0.15) is 17.2 Å². The van der Waals surface area contributed by atoms with Crippen LogP contribution in [-0.4, -0.2) is 42.8 Å². The van der Waals surface area contributed by atoms with Crippen molar-refractivity contribution in [1.29, 1.82) is 0 Å². The van der Waals surface area contributed by atoms with Crippen LogP contribution in [0.1, 0.15) is 31.7 Å². The molecule has 24 heavy (non-hydrogen) atoms. The van der Waals surface area contributed by atoms with Gasteiger partial charge in [-0.3, -0.25) is 9.36 Å². The highest BCUT2D eigenvalue weighted by atomic mass is 16.3. The highest BCUT2D eigenvalue weighted by Gasteiger charge is 2.25.